The molecule has 1 N–H and O–H groups in total. The molecular weight excluding hydrogens is 342 g/mol. The van der Waals surface area contributed by atoms with E-state index in [1.54, 1.807) is 29.8 Å². The topological polar surface area (TPSA) is 80.7 Å². The van der Waals surface area contributed by atoms with Gasteiger partial charge in [-0.25, -0.2) is 19.9 Å². The fraction of sp³-hybridized carbons (Fsp3) is 0.312. The zero-order valence-corrected chi connectivity index (χ0v) is 15.2. The predicted octanol–water partition coefficient (Wildman–Crippen LogP) is 3.09. The maximum atomic E-state index is 12.3. The van der Waals surface area contributed by atoms with Gasteiger partial charge in [-0.05, 0) is 26.8 Å². The molecule has 1 unspecified atom stereocenters. The average molecular weight is 359 g/mol. The molecule has 8 heteroatoms. The zero-order chi connectivity index (χ0) is 17.1. The van der Waals surface area contributed by atoms with Gasteiger partial charge in [0.2, 0.25) is 5.91 Å². The molecule has 3 heterocycles. The Labute approximate surface area is 148 Å². The van der Waals surface area contributed by atoms with Crippen molar-refractivity contribution >= 4 is 28.6 Å². The van der Waals surface area contributed by atoms with Crippen molar-refractivity contribution in [2.75, 3.05) is 0 Å². The van der Waals surface area contributed by atoms with Crippen molar-refractivity contribution in [2.45, 2.75) is 33.2 Å². The summed E-state index contributed by atoms with van der Waals surface area (Å²) >= 11 is 3.06. The summed E-state index contributed by atoms with van der Waals surface area (Å²) in [5, 5.41) is 6.62. The SMILES string of the molecule is Cc1nc(C)c(C(C)NC(=O)Cc2csc(-c3ncccn3)n2)s1. The van der Waals surface area contributed by atoms with Gasteiger partial charge in [0.05, 0.1) is 28.9 Å². The van der Waals surface area contributed by atoms with Crippen LogP contribution in [0.2, 0.25) is 0 Å². The van der Waals surface area contributed by atoms with Crippen molar-refractivity contribution in [1.29, 1.82) is 0 Å². The van der Waals surface area contributed by atoms with Gasteiger partial charge in [0.1, 0.15) is 0 Å². The van der Waals surface area contributed by atoms with Gasteiger partial charge in [0, 0.05) is 22.7 Å². The van der Waals surface area contributed by atoms with Gasteiger partial charge < -0.3 is 5.32 Å². The number of hydrogen-bond acceptors (Lipinski definition) is 7. The second kappa shape index (κ2) is 7.14. The number of carbonyl (C=O) groups excluding carboxylic acids is 1. The Hall–Kier alpha value is -2.19. The third kappa shape index (κ3) is 3.82. The van der Waals surface area contributed by atoms with Crippen LogP contribution in [0.15, 0.2) is 23.8 Å². The quantitative estimate of drug-likeness (QED) is 0.757. The second-order valence-corrected chi connectivity index (χ2v) is 7.46. The number of nitrogens with zero attached hydrogens (tertiary/aromatic N) is 4. The molecule has 0 aliphatic carbocycles. The van der Waals surface area contributed by atoms with Crippen LogP contribution in [0.5, 0.6) is 0 Å². The standard InChI is InChI=1S/C16H17N5OS2/c1-9-14(24-11(3)19-9)10(2)20-13(22)7-12-8-23-16(21-12)15-17-5-4-6-18-15/h4-6,8,10H,7H2,1-3H3,(H,20,22). The lowest BCUT2D eigenvalue weighted by molar-refractivity contribution is -0.121. The minimum atomic E-state index is -0.0567. The fourth-order valence-corrected chi connectivity index (χ4v) is 4.07. The van der Waals surface area contributed by atoms with E-state index in [0.717, 1.165) is 26.3 Å². The number of amides is 1. The maximum absolute atomic E-state index is 12.3. The fourth-order valence-electron chi connectivity index (χ4n) is 2.37. The molecule has 0 saturated heterocycles. The molecule has 124 valence electrons. The largest absolute Gasteiger partial charge is 0.348 e. The highest BCUT2D eigenvalue weighted by Crippen LogP contribution is 2.24. The average Bonchev–Trinajstić information content (AvgIpc) is 3.14. The van der Waals surface area contributed by atoms with Crippen molar-refractivity contribution in [1.82, 2.24) is 25.3 Å². The Balaban J connectivity index is 1.63. The van der Waals surface area contributed by atoms with E-state index in [4.69, 9.17) is 0 Å². The number of thiazole rings is 2. The van der Waals surface area contributed by atoms with E-state index in [1.165, 1.54) is 11.3 Å². The lowest BCUT2D eigenvalue weighted by atomic mass is 10.2. The molecule has 3 rings (SSSR count). The van der Waals surface area contributed by atoms with Gasteiger partial charge >= 0.3 is 0 Å². The molecule has 0 spiro atoms. The number of aromatic nitrogens is 4. The van der Waals surface area contributed by atoms with Crippen LogP contribution >= 0.6 is 22.7 Å². The molecule has 6 nitrogen and oxygen atoms in total. The summed E-state index contributed by atoms with van der Waals surface area (Å²) in [7, 11) is 0. The summed E-state index contributed by atoms with van der Waals surface area (Å²) in [5.74, 6) is 0.525. The molecule has 0 aliphatic rings. The van der Waals surface area contributed by atoms with Gasteiger partial charge in [0.25, 0.3) is 0 Å². The third-order valence-corrected chi connectivity index (χ3v) is 5.50. The van der Waals surface area contributed by atoms with Gasteiger partial charge in [0.15, 0.2) is 10.8 Å². The van der Waals surface area contributed by atoms with Crippen LogP contribution in [-0.2, 0) is 11.2 Å². The summed E-state index contributed by atoms with van der Waals surface area (Å²) in [5.41, 5.74) is 1.70. The van der Waals surface area contributed by atoms with E-state index in [1.807, 2.05) is 26.2 Å². The van der Waals surface area contributed by atoms with E-state index in [-0.39, 0.29) is 18.4 Å². The summed E-state index contributed by atoms with van der Waals surface area (Å²) in [6.07, 6.45) is 3.60. The molecule has 0 bridgehead atoms. The number of carbonyl (C=O) groups is 1. The summed E-state index contributed by atoms with van der Waals surface area (Å²) in [4.78, 5) is 30.6. The zero-order valence-electron chi connectivity index (χ0n) is 13.6. The van der Waals surface area contributed by atoms with Crippen LogP contribution in [0, 0.1) is 13.8 Å². The minimum absolute atomic E-state index is 0.0562. The highest BCUT2D eigenvalue weighted by molar-refractivity contribution is 7.13. The summed E-state index contributed by atoms with van der Waals surface area (Å²) < 4.78 is 0. The second-order valence-electron chi connectivity index (χ2n) is 5.36. The molecule has 0 radical (unpaired) electrons. The Morgan fingerprint density at radius 1 is 1.25 bits per heavy atom. The van der Waals surface area contributed by atoms with Gasteiger partial charge in [-0.15, -0.1) is 22.7 Å². The van der Waals surface area contributed by atoms with Crippen LogP contribution in [0.3, 0.4) is 0 Å². The van der Waals surface area contributed by atoms with Crippen LogP contribution in [0.25, 0.3) is 10.8 Å². The predicted molar refractivity (Wildman–Crippen MR) is 95.0 cm³/mol. The Kier molecular flexibility index (Phi) is 4.96. The molecule has 1 amide bonds. The van der Waals surface area contributed by atoms with Crippen LogP contribution in [0.1, 0.15) is 34.2 Å². The minimum Gasteiger partial charge on any atom is -0.348 e. The molecule has 0 saturated carbocycles. The lowest BCUT2D eigenvalue weighted by Gasteiger charge is -2.12. The normalized spacial score (nSPS) is 12.1. The van der Waals surface area contributed by atoms with Gasteiger partial charge in [-0.1, -0.05) is 0 Å². The first-order valence-corrected chi connectivity index (χ1v) is 9.17. The molecule has 3 aromatic rings. The highest BCUT2D eigenvalue weighted by atomic mass is 32.1. The van der Waals surface area contributed by atoms with E-state index < -0.39 is 0 Å². The molecular formula is C16H17N5OS2. The smallest absolute Gasteiger partial charge is 0.226 e. The van der Waals surface area contributed by atoms with Crippen LogP contribution in [-0.4, -0.2) is 25.8 Å². The Bertz CT molecular complexity index is 843. The maximum Gasteiger partial charge on any atom is 0.226 e. The van der Waals surface area contributed by atoms with Crippen molar-refractivity contribution in [3.05, 3.63) is 45.1 Å². The molecule has 0 aromatic carbocycles. The van der Waals surface area contributed by atoms with E-state index in [9.17, 15) is 4.79 Å². The lowest BCUT2D eigenvalue weighted by Crippen LogP contribution is -2.28. The van der Waals surface area contributed by atoms with Crippen molar-refractivity contribution in [3.63, 3.8) is 0 Å². The molecule has 1 atom stereocenters. The monoisotopic (exact) mass is 359 g/mol. The Morgan fingerprint density at radius 3 is 2.67 bits per heavy atom. The third-order valence-electron chi connectivity index (χ3n) is 3.36. The Morgan fingerprint density at radius 2 is 2.00 bits per heavy atom. The number of rotatable bonds is 5. The highest BCUT2D eigenvalue weighted by Gasteiger charge is 2.16. The summed E-state index contributed by atoms with van der Waals surface area (Å²) in [6.45, 7) is 5.91. The molecule has 24 heavy (non-hydrogen) atoms. The van der Waals surface area contributed by atoms with Gasteiger partial charge in [-0.2, -0.15) is 0 Å². The van der Waals surface area contributed by atoms with Crippen molar-refractivity contribution in [3.8, 4) is 10.8 Å². The van der Waals surface area contributed by atoms with Crippen molar-refractivity contribution in [2.24, 2.45) is 0 Å². The molecule has 0 aliphatic heterocycles. The number of hydrogen-bond donors (Lipinski definition) is 1. The van der Waals surface area contributed by atoms with E-state index >= 15 is 0 Å². The van der Waals surface area contributed by atoms with Crippen LogP contribution in [0.4, 0.5) is 0 Å². The van der Waals surface area contributed by atoms with Gasteiger partial charge in [-0.3, -0.25) is 4.79 Å². The molecule has 3 aromatic heterocycles. The number of nitrogens with one attached hydrogen (secondary N) is 1. The first-order valence-electron chi connectivity index (χ1n) is 7.48. The first-order chi connectivity index (χ1) is 11.5. The molecule has 0 fully saturated rings. The number of aryl methyl sites for hydroxylation is 2. The summed E-state index contributed by atoms with van der Waals surface area (Å²) in [6, 6.07) is 1.70. The van der Waals surface area contributed by atoms with Crippen LogP contribution < -0.4 is 5.32 Å². The van der Waals surface area contributed by atoms with E-state index in [0.29, 0.717) is 5.82 Å². The van der Waals surface area contributed by atoms with Crippen molar-refractivity contribution < 1.29 is 4.79 Å². The van der Waals surface area contributed by atoms with E-state index in [2.05, 4.69) is 25.3 Å². The first kappa shape index (κ1) is 16.7.